The van der Waals surface area contributed by atoms with Crippen LogP contribution in [0.15, 0.2) is 22.7 Å². The van der Waals surface area contributed by atoms with Gasteiger partial charge in [0, 0.05) is 55.1 Å². The Morgan fingerprint density at radius 2 is 1.96 bits per heavy atom. The summed E-state index contributed by atoms with van der Waals surface area (Å²) in [6.07, 6.45) is 6.65. The highest BCUT2D eigenvalue weighted by Gasteiger charge is 2.51. The summed E-state index contributed by atoms with van der Waals surface area (Å²) in [4.78, 5) is 9.59. The number of fused-ring (bicyclic) bond motifs is 1. The summed E-state index contributed by atoms with van der Waals surface area (Å²) < 4.78 is 5.40. The lowest BCUT2D eigenvalue weighted by atomic mass is 9.71. The lowest BCUT2D eigenvalue weighted by Crippen LogP contribution is -2.72. The first-order valence-corrected chi connectivity index (χ1v) is 9.61. The Labute approximate surface area is 153 Å². The number of furan rings is 1. The van der Waals surface area contributed by atoms with Gasteiger partial charge < -0.3 is 14.6 Å². The summed E-state index contributed by atoms with van der Waals surface area (Å²) in [7, 11) is 2.22. The van der Waals surface area contributed by atoms with Crippen LogP contribution < -0.4 is 5.32 Å². The number of hydrogen-bond donors (Lipinski definition) is 1. The molecule has 0 bridgehead atoms. The van der Waals surface area contributed by atoms with Gasteiger partial charge in [0.05, 0.1) is 6.20 Å². The molecule has 2 saturated heterocycles. The van der Waals surface area contributed by atoms with Gasteiger partial charge >= 0.3 is 0 Å². The van der Waals surface area contributed by atoms with Gasteiger partial charge in [-0.15, -0.1) is 0 Å². The molecule has 1 N–H and O–H groups in total. The van der Waals surface area contributed by atoms with E-state index < -0.39 is 0 Å². The standard InChI is InChI=1S/C20H25N5O/c1-24-10-20(11-24)12-25(13-20)16-4-2-15(3-5-16)23-19-7-14-6-17(8-21)26-18(14)9-22-19/h6-7,9,15-16H,2-5,10-13H2,1H3,(H,22,23). The first-order valence-electron chi connectivity index (χ1n) is 9.61. The molecule has 1 saturated carbocycles. The fraction of sp³-hybridized carbons (Fsp3) is 0.600. The first kappa shape index (κ1) is 16.1. The Morgan fingerprint density at radius 1 is 1.19 bits per heavy atom. The van der Waals surface area contributed by atoms with Crippen LogP contribution in [0.25, 0.3) is 11.0 Å². The molecule has 26 heavy (non-hydrogen) atoms. The van der Waals surface area contributed by atoms with Gasteiger partial charge in [0.15, 0.2) is 5.58 Å². The van der Waals surface area contributed by atoms with Gasteiger partial charge in [-0.05, 0) is 38.8 Å². The van der Waals surface area contributed by atoms with Crippen molar-refractivity contribution < 1.29 is 4.42 Å². The van der Waals surface area contributed by atoms with E-state index in [0.29, 0.717) is 22.8 Å². The van der Waals surface area contributed by atoms with Gasteiger partial charge in [0.1, 0.15) is 11.9 Å². The molecular formula is C20H25N5O. The quantitative estimate of drug-likeness (QED) is 0.917. The van der Waals surface area contributed by atoms with Gasteiger partial charge in [-0.25, -0.2) is 4.98 Å². The maximum Gasteiger partial charge on any atom is 0.204 e. The van der Waals surface area contributed by atoms with Crippen molar-refractivity contribution in [2.75, 3.05) is 38.5 Å². The lowest BCUT2D eigenvalue weighted by Gasteiger charge is -2.62. The van der Waals surface area contributed by atoms with E-state index in [1.54, 1.807) is 12.3 Å². The van der Waals surface area contributed by atoms with Crippen molar-refractivity contribution in [1.82, 2.24) is 14.8 Å². The summed E-state index contributed by atoms with van der Waals surface area (Å²) in [6, 6.07) is 7.06. The van der Waals surface area contributed by atoms with E-state index in [2.05, 4.69) is 27.1 Å². The number of nitriles is 1. The molecule has 0 aromatic carbocycles. The fourth-order valence-corrected chi connectivity index (χ4v) is 5.25. The third-order valence-electron chi connectivity index (χ3n) is 6.37. The van der Waals surface area contributed by atoms with Crippen molar-refractivity contribution in [3.63, 3.8) is 0 Å². The van der Waals surface area contributed by atoms with Crippen molar-refractivity contribution in [3.8, 4) is 6.07 Å². The second-order valence-corrected chi connectivity index (χ2v) is 8.56. The molecule has 0 amide bonds. The number of nitrogens with one attached hydrogen (secondary N) is 1. The Bertz CT molecular complexity index is 847. The topological polar surface area (TPSA) is 68.3 Å². The average molecular weight is 351 g/mol. The molecule has 6 nitrogen and oxygen atoms in total. The highest BCUT2D eigenvalue weighted by Crippen LogP contribution is 2.42. The summed E-state index contributed by atoms with van der Waals surface area (Å²) in [5.74, 6) is 1.22. The molecule has 0 unspecified atom stereocenters. The van der Waals surface area contributed by atoms with Crippen LogP contribution in [0, 0.1) is 16.7 Å². The summed E-state index contributed by atoms with van der Waals surface area (Å²) >= 11 is 0. The minimum atomic E-state index is 0.337. The molecule has 4 heterocycles. The van der Waals surface area contributed by atoms with Crippen LogP contribution in [0.5, 0.6) is 0 Å². The smallest absolute Gasteiger partial charge is 0.204 e. The predicted octanol–water partition coefficient (Wildman–Crippen LogP) is 2.67. The molecule has 3 fully saturated rings. The van der Waals surface area contributed by atoms with Gasteiger partial charge in [-0.1, -0.05) is 0 Å². The van der Waals surface area contributed by atoms with E-state index in [1.165, 1.54) is 51.9 Å². The lowest BCUT2D eigenvalue weighted by molar-refractivity contribution is -0.125. The largest absolute Gasteiger partial charge is 0.444 e. The maximum atomic E-state index is 8.94. The normalized spacial score (nSPS) is 28.5. The number of pyridine rings is 1. The summed E-state index contributed by atoms with van der Waals surface area (Å²) in [6.45, 7) is 5.19. The summed E-state index contributed by atoms with van der Waals surface area (Å²) in [5.41, 5.74) is 1.31. The van der Waals surface area contributed by atoms with Crippen LogP contribution in [0.4, 0.5) is 5.82 Å². The second-order valence-electron chi connectivity index (χ2n) is 8.56. The molecule has 2 aromatic rings. The van der Waals surface area contributed by atoms with Gasteiger partial charge in [0.2, 0.25) is 5.76 Å². The van der Waals surface area contributed by atoms with Crippen molar-refractivity contribution in [2.24, 2.45) is 5.41 Å². The Morgan fingerprint density at radius 3 is 2.65 bits per heavy atom. The Balaban J connectivity index is 1.15. The second kappa shape index (κ2) is 5.97. The van der Waals surface area contributed by atoms with Crippen LogP contribution in [0.1, 0.15) is 31.4 Å². The van der Waals surface area contributed by atoms with Crippen LogP contribution in [-0.2, 0) is 0 Å². The summed E-state index contributed by atoms with van der Waals surface area (Å²) in [5, 5.41) is 13.5. The van der Waals surface area contributed by atoms with Crippen molar-refractivity contribution in [3.05, 3.63) is 24.1 Å². The Kier molecular flexibility index (Phi) is 3.70. The predicted molar refractivity (Wildman–Crippen MR) is 99.9 cm³/mol. The molecule has 3 aliphatic rings. The molecule has 5 rings (SSSR count). The fourth-order valence-electron chi connectivity index (χ4n) is 5.25. The van der Waals surface area contributed by atoms with E-state index in [1.807, 2.05) is 12.1 Å². The van der Waals surface area contributed by atoms with Crippen molar-refractivity contribution in [2.45, 2.75) is 37.8 Å². The average Bonchev–Trinajstić information content (AvgIpc) is 3.00. The monoisotopic (exact) mass is 351 g/mol. The van der Waals surface area contributed by atoms with E-state index >= 15 is 0 Å². The van der Waals surface area contributed by atoms with Crippen molar-refractivity contribution >= 4 is 16.8 Å². The van der Waals surface area contributed by atoms with E-state index in [0.717, 1.165) is 17.2 Å². The zero-order chi connectivity index (χ0) is 17.7. The highest BCUT2D eigenvalue weighted by atomic mass is 16.3. The molecule has 2 aromatic heterocycles. The minimum absolute atomic E-state index is 0.337. The Hall–Kier alpha value is -2.10. The van der Waals surface area contributed by atoms with Gasteiger partial charge in [-0.3, -0.25) is 4.90 Å². The molecule has 0 radical (unpaired) electrons. The molecule has 2 aliphatic heterocycles. The van der Waals surface area contributed by atoms with E-state index in [-0.39, 0.29) is 0 Å². The van der Waals surface area contributed by atoms with Crippen LogP contribution in [0.3, 0.4) is 0 Å². The van der Waals surface area contributed by atoms with Crippen molar-refractivity contribution in [1.29, 1.82) is 5.26 Å². The first-order chi connectivity index (χ1) is 12.6. The molecule has 136 valence electrons. The van der Waals surface area contributed by atoms with E-state index in [4.69, 9.17) is 9.68 Å². The molecule has 1 spiro atoms. The number of anilines is 1. The molecule has 1 aliphatic carbocycles. The number of aromatic nitrogens is 1. The van der Waals surface area contributed by atoms with E-state index in [9.17, 15) is 0 Å². The number of hydrogen-bond acceptors (Lipinski definition) is 6. The highest BCUT2D eigenvalue weighted by molar-refractivity contribution is 5.80. The molecular weight excluding hydrogens is 326 g/mol. The van der Waals surface area contributed by atoms with Gasteiger partial charge in [0.25, 0.3) is 0 Å². The molecule has 0 atom stereocenters. The van der Waals surface area contributed by atoms with Crippen LogP contribution >= 0.6 is 0 Å². The van der Waals surface area contributed by atoms with Crippen LogP contribution in [-0.4, -0.2) is 60.1 Å². The number of likely N-dealkylation sites (tertiary alicyclic amines) is 2. The van der Waals surface area contributed by atoms with Gasteiger partial charge in [-0.2, -0.15) is 5.26 Å². The zero-order valence-corrected chi connectivity index (χ0v) is 15.2. The minimum Gasteiger partial charge on any atom is -0.444 e. The number of nitrogens with zero attached hydrogens (tertiary/aromatic N) is 4. The third-order valence-corrected chi connectivity index (χ3v) is 6.37. The third kappa shape index (κ3) is 2.76. The number of rotatable bonds is 3. The maximum absolute atomic E-state index is 8.94. The van der Waals surface area contributed by atoms with Crippen LogP contribution in [0.2, 0.25) is 0 Å². The SMILES string of the molecule is CN1CC2(C1)CN(C1CCC(Nc3cc4cc(C#N)oc4cn3)CC1)C2. The molecule has 6 heteroatoms. The zero-order valence-electron chi connectivity index (χ0n) is 15.2.